The van der Waals surface area contributed by atoms with Crippen LogP contribution in [-0.2, 0) is 14.8 Å². The molecule has 0 aromatic heterocycles. The maximum atomic E-state index is 13.2. The lowest BCUT2D eigenvalue weighted by Crippen LogP contribution is -2.42. The van der Waals surface area contributed by atoms with Gasteiger partial charge in [-0.15, -0.1) is 0 Å². The molecule has 9 heteroatoms. The Morgan fingerprint density at radius 1 is 1.19 bits per heavy atom. The first kappa shape index (κ1) is 19.9. The molecule has 0 aliphatic rings. The zero-order chi connectivity index (χ0) is 19.6. The second-order valence-electron chi connectivity index (χ2n) is 5.75. The van der Waals surface area contributed by atoms with Crippen molar-refractivity contribution in [2.75, 3.05) is 4.31 Å². The highest BCUT2D eigenvalue weighted by Gasteiger charge is 2.34. The van der Waals surface area contributed by atoms with Gasteiger partial charge < -0.3 is 0 Å². The van der Waals surface area contributed by atoms with E-state index in [4.69, 9.17) is 11.6 Å². The highest BCUT2D eigenvalue weighted by Crippen LogP contribution is 2.32. The Labute approximate surface area is 156 Å². The number of hydrogen-bond donors (Lipinski definition) is 0. The SMILES string of the molecule is Cc1cccc(N(C(C)C(=O)Cl)S(=O)(=O)c2cccc([N+](=O)[O-])c2)c1C. The first-order valence-corrected chi connectivity index (χ1v) is 9.43. The summed E-state index contributed by atoms with van der Waals surface area (Å²) in [6.07, 6.45) is 0. The van der Waals surface area contributed by atoms with Crippen LogP contribution in [0.5, 0.6) is 0 Å². The minimum absolute atomic E-state index is 0.290. The summed E-state index contributed by atoms with van der Waals surface area (Å²) in [5.41, 5.74) is 1.41. The van der Waals surface area contributed by atoms with Crippen molar-refractivity contribution in [3.05, 3.63) is 63.7 Å². The second-order valence-corrected chi connectivity index (χ2v) is 7.94. The average molecular weight is 397 g/mol. The van der Waals surface area contributed by atoms with E-state index in [1.807, 2.05) is 13.0 Å². The third-order valence-corrected chi connectivity index (χ3v) is 6.28. The van der Waals surface area contributed by atoms with Gasteiger partial charge in [0.15, 0.2) is 0 Å². The smallest absolute Gasteiger partial charge is 0.270 e. The Hall–Kier alpha value is -2.45. The van der Waals surface area contributed by atoms with Gasteiger partial charge in [-0.1, -0.05) is 18.2 Å². The van der Waals surface area contributed by atoms with Crippen molar-refractivity contribution in [1.29, 1.82) is 0 Å². The molecule has 0 aliphatic heterocycles. The third kappa shape index (κ3) is 3.71. The first-order valence-electron chi connectivity index (χ1n) is 7.62. The van der Waals surface area contributed by atoms with Crippen LogP contribution in [0.25, 0.3) is 0 Å². The largest absolute Gasteiger partial charge is 0.279 e. The molecule has 2 rings (SSSR count). The van der Waals surface area contributed by atoms with Gasteiger partial charge >= 0.3 is 0 Å². The van der Waals surface area contributed by atoms with Crippen molar-refractivity contribution in [2.45, 2.75) is 31.7 Å². The normalized spacial score (nSPS) is 12.5. The van der Waals surface area contributed by atoms with Gasteiger partial charge in [-0.3, -0.25) is 19.2 Å². The molecule has 2 aromatic rings. The standard InChI is InChI=1S/C17H17ClN2O5S/c1-11-6-4-9-16(12(11)2)19(13(3)17(18)21)26(24,25)15-8-5-7-14(10-15)20(22)23/h4-10,13H,1-3H3. The van der Waals surface area contributed by atoms with E-state index in [2.05, 4.69) is 0 Å². The topological polar surface area (TPSA) is 97.6 Å². The maximum Gasteiger partial charge on any atom is 0.270 e. The Kier molecular flexibility index (Phi) is 5.68. The fourth-order valence-corrected chi connectivity index (χ4v) is 4.36. The van der Waals surface area contributed by atoms with Crippen molar-refractivity contribution >= 4 is 38.2 Å². The van der Waals surface area contributed by atoms with Crippen LogP contribution in [0.2, 0.25) is 0 Å². The van der Waals surface area contributed by atoms with E-state index in [-0.39, 0.29) is 16.3 Å². The van der Waals surface area contributed by atoms with Crippen LogP contribution in [-0.4, -0.2) is 24.6 Å². The van der Waals surface area contributed by atoms with Crippen LogP contribution in [0.15, 0.2) is 47.4 Å². The molecule has 0 saturated heterocycles. The van der Waals surface area contributed by atoms with Gasteiger partial charge in [0.2, 0.25) is 5.24 Å². The van der Waals surface area contributed by atoms with Crippen LogP contribution in [0.3, 0.4) is 0 Å². The van der Waals surface area contributed by atoms with Crippen LogP contribution in [0.4, 0.5) is 11.4 Å². The van der Waals surface area contributed by atoms with Gasteiger partial charge in [0.25, 0.3) is 15.7 Å². The maximum absolute atomic E-state index is 13.2. The molecule has 0 amide bonds. The molecule has 7 nitrogen and oxygen atoms in total. The quantitative estimate of drug-likeness (QED) is 0.422. The molecule has 0 spiro atoms. The number of nitro benzene ring substituents is 1. The summed E-state index contributed by atoms with van der Waals surface area (Å²) in [5, 5.41) is 10.1. The number of rotatable bonds is 6. The Bertz CT molecular complexity index is 975. The third-order valence-electron chi connectivity index (χ3n) is 4.08. The molecule has 26 heavy (non-hydrogen) atoms. The molecule has 0 fully saturated rings. The Balaban J connectivity index is 2.72. The summed E-state index contributed by atoms with van der Waals surface area (Å²) in [5.74, 6) is 0. The molecule has 0 saturated carbocycles. The van der Waals surface area contributed by atoms with Gasteiger partial charge in [0.1, 0.15) is 6.04 Å². The van der Waals surface area contributed by atoms with Crippen LogP contribution < -0.4 is 4.31 Å². The van der Waals surface area contributed by atoms with E-state index in [0.29, 0.717) is 5.56 Å². The Morgan fingerprint density at radius 3 is 2.38 bits per heavy atom. The Morgan fingerprint density at radius 2 is 1.81 bits per heavy atom. The number of aryl methyl sites for hydroxylation is 1. The molecule has 1 atom stereocenters. The number of benzene rings is 2. The molecule has 2 aromatic carbocycles. The van der Waals surface area contributed by atoms with Gasteiger partial charge in [0.05, 0.1) is 15.5 Å². The van der Waals surface area contributed by atoms with E-state index in [0.717, 1.165) is 15.9 Å². The minimum atomic E-state index is -4.27. The lowest BCUT2D eigenvalue weighted by Gasteiger charge is -2.30. The van der Waals surface area contributed by atoms with E-state index in [9.17, 15) is 23.3 Å². The van der Waals surface area contributed by atoms with Gasteiger partial charge in [0, 0.05) is 12.1 Å². The molecule has 138 valence electrons. The molecule has 0 N–H and O–H groups in total. The fraction of sp³-hybridized carbons (Fsp3) is 0.235. The number of nitrogens with zero attached hydrogens (tertiary/aromatic N) is 2. The number of carbonyl (C=O) groups is 1. The number of anilines is 1. The molecule has 0 radical (unpaired) electrons. The van der Waals surface area contributed by atoms with Crippen molar-refractivity contribution in [3.8, 4) is 0 Å². The summed E-state index contributed by atoms with van der Waals surface area (Å²) in [7, 11) is -4.27. The monoisotopic (exact) mass is 396 g/mol. The zero-order valence-corrected chi connectivity index (χ0v) is 15.9. The van der Waals surface area contributed by atoms with Gasteiger partial charge in [-0.05, 0) is 55.6 Å². The summed E-state index contributed by atoms with van der Waals surface area (Å²) in [6, 6.07) is 8.51. The van der Waals surface area contributed by atoms with Crippen molar-refractivity contribution in [3.63, 3.8) is 0 Å². The molecule has 0 aliphatic carbocycles. The number of halogens is 1. The van der Waals surface area contributed by atoms with Crippen molar-refractivity contribution in [2.24, 2.45) is 0 Å². The molecular weight excluding hydrogens is 380 g/mol. The van der Waals surface area contributed by atoms with Crippen molar-refractivity contribution in [1.82, 2.24) is 0 Å². The lowest BCUT2D eigenvalue weighted by molar-refractivity contribution is -0.385. The lowest BCUT2D eigenvalue weighted by atomic mass is 10.1. The van der Waals surface area contributed by atoms with Gasteiger partial charge in [-0.25, -0.2) is 8.42 Å². The highest BCUT2D eigenvalue weighted by molar-refractivity contribution is 7.93. The summed E-state index contributed by atoms with van der Waals surface area (Å²) in [6.45, 7) is 4.91. The number of nitro groups is 1. The van der Waals surface area contributed by atoms with Crippen LogP contribution in [0, 0.1) is 24.0 Å². The minimum Gasteiger partial charge on any atom is -0.279 e. The van der Waals surface area contributed by atoms with Gasteiger partial charge in [-0.2, -0.15) is 0 Å². The number of hydrogen-bond acceptors (Lipinski definition) is 5. The predicted molar refractivity (Wildman–Crippen MR) is 99.0 cm³/mol. The van der Waals surface area contributed by atoms with E-state index < -0.39 is 26.2 Å². The number of carbonyl (C=O) groups excluding carboxylic acids is 1. The highest BCUT2D eigenvalue weighted by atomic mass is 35.5. The molecule has 0 heterocycles. The first-order chi connectivity index (χ1) is 12.1. The summed E-state index contributed by atoms with van der Waals surface area (Å²) in [4.78, 5) is 21.8. The second kappa shape index (κ2) is 7.43. The average Bonchev–Trinajstić information content (AvgIpc) is 2.58. The summed E-state index contributed by atoms with van der Waals surface area (Å²) < 4.78 is 27.3. The number of non-ortho nitro benzene ring substituents is 1. The summed E-state index contributed by atoms with van der Waals surface area (Å²) >= 11 is 5.59. The number of sulfonamides is 1. The van der Waals surface area contributed by atoms with E-state index >= 15 is 0 Å². The molecule has 1 unspecified atom stereocenters. The van der Waals surface area contributed by atoms with E-state index in [1.165, 1.54) is 25.1 Å². The van der Waals surface area contributed by atoms with Crippen LogP contribution in [0.1, 0.15) is 18.1 Å². The van der Waals surface area contributed by atoms with E-state index in [1.54, 1.807) is 19.1 Å². The van der Waals surface area contributed by atoms with Crippen molar-refractivity contribution < 1.29 is 18.1 Å². The fourth-order valence-electron chi connectivity index (χ4n) is 2.48. The zero-order valence-electron chi connectivity index (χ0n) is 14.3. The predicted octanol–water partition coefficient (Wildman–Crippen LogP) is 3.56. The molecule has 0 bridgehead atoms. The van der Waals surface area contributed by atoms with Crippen LogP contribution >= 0.6 is 11.6 Å². The molecular formula is C17H17ClN2O5S.